The summed E-state index contributed by atoms with van der Waals surface area (Å²) in [5.74, 6) is -0.0326. The lowest BCUT2D eigenvalue weighted by Gasteiger charge is -2.00. The zero-order valence-electron chi connectivity index (χ0n) is 11.3. The number of carbonyl (C=O) groups is 1. The van der Waals surface area contributed by atoms with Crippen LogP contribution in [0.1, 0.15) is 15.9 Å². The van der Waals surface area contributed by atoms with Crippen LogP contribution in [0.3, 0.4) is 0 Å². The van der Waals surface area contributed by atoms with Crippen LogP contribution in [0, 0.1) is 0 Å². The third kappa shape index (κ3) is 3.32. The molecule has 0 fully saturated rings. The molecule has 22 heavy (non-hydrogen) atoms. The highest BCUT2D eigenvalue weighted by atomic mass is 32.2. The van der Waals surface area contributed by atoms with Gasteiger partial charge in [0.05, 0.1) is 5.56 Å². The highest BCUT2D eigenvalue weighted by Crippen LogP contribution is 2.24. The van der Waals surface area contributed by atoms with Crippen molar-refractivity contribution in [2.75, 3.05) is 0 Å². The van der Waals surface area contributed by atoms with E-state index in [2.05, 4.69) is 15.2 Å². The third-order valence-corrected chi connectivity index (χ3v) is 3.72. The molecule has 0 radical (unpaired) electrons. The first-order chi connectivity index (χ1) is 10.7. The van der Waals surface area contributed by atoms with Gasteiger partial charge in [0.1, 0.15) is 5.69 Å². The first-order valence-corrected chi connectivity index (χ1v) is 7.41. The Hall–Kier alpha value is -2.67. The van der Waals surface area contributed by atoms with E-state index in [1.165, 1.54) is 11.8 Å². The Morgan fingerprint density at radius 3 is 2.86 bits per heavy atom. The van der Waals surface area contributed by atoms with Crippen LogP contribution < -0.4 is 0 Å². The minimum absolute atomic E-state index is 0.262. The maximum atomic E-state index is 10.9. The van der Waals surface area contributed by atoms with Crippen molar-refractivity contribution in [2.45, 2.75) is 11.0 Å². The highest BCUT2D eigenvalue weighted by Gasteiger charge is 2.10. The van der Waals surface area contributed by atoms with Gasteiger partial charge in [-0.3, -0.25) is 4.98 Å². The van der Waals surface area contributed by atoms with E-state index in [1.807, 2.05) is 18.2 Å². The summed E-state index contributed by atoms with van der Waals surface area (Å²) in [7, 11) is 0. The van der Waals surface area contributed by atoms with Gasteiger partial charge in [0.25, 0.3) is 11.1 Å². The molecular formula is C15H11N3O3S. The van der Waals surface area contributed by atoms with Crippen molar-refractivity contribution in [1.29, 1.82) is 0 Å². The highest BCUT2D eigenvalue weighted by molar-refractivity contribution is 7.98. The molecule has 2 aromatic heterocycles. The van der Waals surface area contributed by atoms with Gasteiger partial charge in [-0.2, -0.15) is 0 Å². The monoisotopic (exact) mass is 313 g/mol. The van der Waals surface area contributed by atoms with Crippen molar-refractivity contribution in [1.82, 2.24) is 15.2 Å². The van der Waals surface area contributed by atoms with Crippen molar-refractivity contribution >= 4 is 17.7 Å². The molecule has 1 aromatic carbocycles. The summed E-state index contributed by atoms with van der Waals surface area (Å²) in [6.07, 6.45) is 1.66. The molecule has 6 nitrogen and oxygen atoms in total. The van der Waals surface area contributed by atoms with Crippen LogP contribution in [0.15, 0.2) is 58.3 Å². The number of carboxylic acid groups (broad SMARTS) is 1. The maximum Gasteiger partial charge on any atom is 0.335 e. The average Bonchev–Trinajstić information content (AvgIpc) is 3.03. The number of hydrogen-bond donors (Lipinski definition) is 1. The van der Waals surface area contributed by atoms with Crippen LogP contribution in [-0.2, 0) is 5.75 Å². The van der Waals surface area contributed by atoms with E-state index in [0.717, 1.165) is 5.56 Å². The Kier molecular flexibility index (Phi) is 4.15. The largest absolute Gasteiger partial charge is 0.478 e. The van der Waals surface area contributed by atoms with Crippen molar-refractivity contribution < 1.29 is 14.3 Å². The molecule has 1 N–H and O–H groups in total. The molecule has 0 amide bonds. The Morgan fingerprint density at radius 1 is 1.18 bits per heavy atom. The molecule has 0 aliphatic carbocycles. The molecule has 2 heterocycles. The molecule has 0 spiro atoms. The summed E-state index contributed by atoms with van der Waals surface area (Å²) < 4.78 is 5.53. The van der Waals surface area contributed by atoms with E-state index in [4.69, 9.17) is 9.52 Å². The number of benzene rings is 1. The van der Waals surface area contributed by atoms with Gasteiger partial charge in [0, 0.05) is 11.9 Å². The zero-order chi connectivity index (χ0) is 15.4. The fraction of sp³-hybridized carbons (Fsp3) is 0.0667. The first kappa shape index (κ1) is 14.3. The summed E-state index contributed by atoms with van der Waals surface area (Å²) >= 11 is 1.35. The molecule has 0 atom stereocenters. The SMILES string of the molecule is O=C(O)c1cccc(CSc2nnc(-c3ccccn3)o2)c1. The molecule has 7 heteroatoms. The fourth-order valence-electron chi connectivity index (χ4n) is 1.80. The number of pyridine rings is 1. The lowest BCUT2D eigenvalue weighted by atomic mass is 10.1. The molecular weight excluding hydrogens is 302 g/mol. The summed E-state index contributed by atoms with van der Waals surface area (Å²) in [4.78, 5) is 15.1. The van der Waals surface area contributed by atoms with Crippen LogP contribution >= 0.6 is 11.8 Å². The standard InChI is InChI=1S/C15H11N3O3S/c19-14(20)11-5-3-4-10(8-11)9-22-15-18-17-13(21-15)12-6-1-2-7-16-12/h1-8H,9H2,(H,19,20). The summed E-state index contributed by atoms with van der Waals surface area (Å²) in [6, 6.07) is 12.2. The Morgan fingerprint density at radius 2 is 2.09 bits per heavy atom. The number of hydrogen-bond acceptors (Lipinski definition) is 6. The number of nitrogens with zero attached hydrogens (tertiary/aromatic N) is 3. The number of aromatic carboxylic acids is 1. The van der Waals surface area contributed by atoms with Crippen molar-refractivity contribution in [3.63, 3.8) is 0 Å². The predicted octanol–water partition coefficient (Wildman–Crippen LogP) is 3.12. The number of aromatic nitrogens is 3. The predicted molar refractivity (Wildman–Crippen MR) is 80.5 cm³/mol. The molecule has 0 aliphatic rings. The molecule has 0 aliphatic heterocycles. The molecule has 0 unspecified atom stereocenters. The third-order valence-electron chi connectivity index (χ3n) is 2.83. The van der Waals surface area contributed by atoms with Gasteiger partial charge in [-0.15, -0.1) is 10.2 Å². The summed E-state index contributed by atoms with van der Waals surface area (Å²) in [5, 5.41) is 17.3. The smallest absolute Gasteiger partial charge is 0.335 e. The van der Waals surface area contributed by atoms with Crippen molar-refractivity contribution in [3.05, 3.63) is 59.8 Å². The molecule has 3 aromatic rings. The molecule has 110 valence electrons. The summed E-state index contributed by atoms with van der Waals surface area (Å²) in [5.41, 5.74) is 1.76. The van der Waals surface area contributed by atoms with Crippen LogP contribution in [0.5, 0.6) is 0 Å². The maximum absolute atomic E-state index is 10.9. The molecule has 0 bridgehead atoms. The van der Waals surface area contributed by atoms with Gasteiger partial charge in [0.2, 0.25) is 0 Å². The number of thioether (sulfide) groups is 1. The zero-order valence-corrected chi connectivity index (χ0v) is 12.2. The van der Waals surface area contributed by atoms with E-state index in [1.54, 1.807) is 30.5 Å². The molecule has 0 saturated heterocycles. The second-order valence-corrected chi connectivity index (χ2v) is 5.31. The number of carboxylic acids is 1. The average molecular weight is 313 g/mol. The quantitative estimate of drug-likeness (QED) is 0.724. The van der Waals surface area contributed by atoms with Crippen LogP contribution in [-0.4, -0.2) is 26.3 Å². The second kappa shape index (κ2) is 6.40. The number of rotatable bonds is 5. The second-order valence-electron chi connectivity index (χ2n) is 4.38. The Balaban J connectivity index is 1.69. The fourth-order valence-corrected chi connectivity index (χ4v) is 2.51. The van der Waals surface area contributed by atoms with E-state index in [0.29, 0.717) is 22.6 Å². The van der Waals surface area contributed by atoms with E-state index < -0.39 is 5.97 Å². The minimum Gasteiger partial charge on any atom is -0.478 e. The van der Waals surface area contributed by atoms with Crippen LogP contribution in [0.4, 0.5) is 0 Å². The van der Waals surface area contributed by atoms with Gasteiger partial charge < -0.3 is 9.52 Å². The minimum atomic E-state index is -0.943. The molecule has 3 rings (SSSR count). The van der Waals surface area contributed by atoms with Gasteiger partial charge in [-0.1, -0.05) is 30.0 Å². The lowest BCUT2D eigenvalue weighted by molar-refractivity contribution is 0.0697. The normalized spacial score (nSPS) is 10.5. The van der Waals surface area contributed by atoms with Crippen LogP contribution in [0.2, 0.25) is 0 Å². The van der Waals surface area contributed by atoms with Gasteiger partial charge in [-0.25, -0.2) is 4.79 Å². The van der Waals surface area contributed by atoms with E-state index >= 15 is 0 Å². The first-order valence-electron chi connectivity index (χ1n) is 6.42. The lowest BCUT2D eigenvalue weighted by Crippen LogP contribution is -1.96. The van der Waals surface area contributed by atoms with Gasteiger partial charge >= 0.3 is 5.97 Å². The Bertz CT molecular complexity index is 789. The van der Waals surface area contributed by atoms with Gasteiger partial charge in [-0.05, 0) is 29.8 Å². The van der Waals surface area contributed by atoms with Crippen molar-refractivity contribution in [3.8, 4) is 11.6 Å². The molecule has 0 saturated carbocycles. The van der Waals surface area contributed by atoms with Crippen molar-refractivity contribution in [2.24, 2.45) is 0 Å². The topological polar surface area (TPSA) is 89.1 Å². The van der Waals surface area contributed by atoms with E-state index in [9.17, 15) is 4.79 Å². The van der Waals surface area contributed by atoms with Crippen LogP contribution in [0.25, 0.3) is 11.6 Å². The summed E-state index contributed by atoms with van der Waals surface area (Å²) in [6.45, 7) is 0. The Labute approximate surface area is 130 Å². The van der Waals surface area contributed by atoms with E-state index in [-0.39, 0.29) is 5.56 Å². The van der Waals surface area contributed by atoms with Gasteiger partial charge in [0.15, 0.2) is 0 Å².